The summed E-state index contributed by atoms with van der Waals surface area (Å²) < 4.78 is 5.80. The third kappa shape index (κ3) is 3.28. The van der Waals surface area contributed by atoms with Crippen LogP contribution in [0.4, 0.5) is 0 Å². The van der Waals surface area contributed by atoms with E-state index in [-0.39, 0.29) is 0 Å². The first-order chi connectivity index (χ1) is 6.11. The normalized spacial score (nSPS) is 26.8. The first-order valence-electron chi connectivity index (χ1n) is 5.47. The van der Waals surface area contributed by atoms with Crippen molar-refractivity contribution in [1.29, 1.82) is 0 Å². The first-order valence-corrected chi connectivity index (χ1v) is 5.47. The second kappa shape index (κ2) is 4.97. The van der Waals surface area contributed by atoms with E-state index >= 15 is 0 Å². The average Bonchev–Trinajstić information content (AvgIpc) is 2.28. The van der Waals surface area contributed by atoms with Crippen LogP contribution < -0.4 is 0 Å². The number of hydrogen-bond acceptors (Lipinski definition) is 2. The van der Waals surface area contributed by atoms with Crippen molar-refractivity contribution in [1.82, 2.24) is 4.90 Å². The molecule has 1 rings (SSSR count). The van der Waals surface area contributed by atoms with Gasteiger partial charge >= 0.3 is 0 Å². The van der Waals surface area contributed by atoms with Crippen molar-refractivity contribution in [3.05, 3.63) is 0 Å². The zero-order chi connectivity index (χ0) is 9.84. The largest absolute Gasteiger partial charge is 0.377 e. The minimum absolute atomic E-state index is 0.435. The Bertz CT molecular complexity index is 129. The van der Waals surface area contributed by atoms with Crippen LogP contribution in [-0.2, 0) is 4.74 Å². The predicted molar refractivity (Wildman–Crippen MR) is 55.9 cm³/mol. The van der Waals surface area contributed by atoms with Crippen molar-refractivity contribution in [3.8, 4) is 0 Å². The van der Waals surface area contributed by atoms with Crippen LogP contribution in [0.3, 0.4) is 0 Å². The van der Waals surface area contributed by atoms with Crippen molar-refractivity contribution in [2.24, 2.45) is 5.92 Å². The van der Waals surface area contributed by atoms with E-state index in [0.29, 0.717) is 18.1 Å². The van der Waals surface area contributed by atoms with Gasteiger partial charge < -0.3 is 4.74 Å². The monoisotopic (exact) mass is 185 g/mol. The molecule has 1 unspecified atom stereocenters. The van der Waals surface area contributed by atoms with Gasteiger partial charge in [-0.15, -0.1) is 0 Å². The number of ether oxygens (including phenoxy) is 1. The van der Waals surface area contributed by atoms with Gasteiger partial charge in [-0.05, 0) is 26.2 Å². The lowest BCUT2D eigenvalue weighted by molar-refractivity contribution is 0.0195. The molecule has 1 atom stereocenters. The molecule has 1 aliphatic heterocycles. The summed E-state index contributed by atoms with van der Waals surface area (Å²) in [7, 11) is 0. The molecule has 1 aliphatic rings. The smallest absolute Gasteiger partial charge is 0.0724 e. The molecule has 2 nitrogen and oxygen atoms in total. The van der Waals surface area contributed by atoms with Crippen LogP contribution in [0.2, 0.25) is 0 Å². The van der Waals surface area contributed by atoms with Gasteiger partial charge in [0.05, 0.1) is 6.10 Å². The quantitative estimate of drug-likeness (QED) is 0.653. The van der Waals surface area contributed by atoms with Crippen molar-refractivity contribution in [3.63, 3.8) is 0 Å². The lowest BCUT2D eigenvalue weighted by Gasteiger charge is -2.28. The third-order valence-corrected chi connectivity index (χ3v) is 2.81. The Morgan fingerprint density at radius 3 is 2.46 bits per heavy atom. The maximum absolute atomic E-state index is 5.80. The second-order valence-electron chi connectivity index (χ2n) is 4.60. The van der Waals surface area contributed by atoms with Crippen LogP contribution in [0.5, 0.6) is 0 Å². The second-order valence-corrected chi connectivity index (χ2v) is 4.60. The molecule has 0 aromatic heterocycles. The molecule has 0 aliphatic carbocycles. The van der Waals surface area contributed by atoms with Crippen LogP contribution in [0.1, 0.15) is 34.1 Å². The Morgan fingerprint density at radius 2 is 1.92 bits per heavy atom. The van der Waals surface area contributed by atoms with E-state index < -0.39 is 0 Å². The third-order valence-electron chi connectivity index (χ3n) is 2.81. The molecule has 0 radical (unpaired) electrons. The highest BCUT2D eigenvalue weighted by atomic mass is 16.5. The predicted octanol–water partition coefficient (Wildman–Crippen LogP) is 2.14. The summed E-state index contributed by atoms with van der Waals surface area (Å²) in [5.41, 5.74) is 0. The van der Waals surface area contributed by atoms with Crippen molar-refractivity contribution < 1.29 is 4.74 Å². The summed E-state index contributed by atoms with van der Waals surface area (Å²) in [5.74, 6) is 0.638. The van der Waals surface area contributed by atoms with Gasteiger partial charge in [0.15, 0.2) is 0 Å². The lowest BCUT2D eigenvalue weighted by Crippen LogP contribution is -2.38. The standard InChI is InChI=1S/C11H23NO/c1-9(2)11-8-12(10(3)4)6-5-7-13-11/h9-11H,5-8H2,1-4H3. The van der Waals surface area contributed by atoms with E-state index in [1.54, 1.807) is 0 Å². The number of hydrogen-bond donors (Lipinski definition) is 0. The fraction of sp³-hybridized carbons (Fsp3) is 1.00. The van der Waals surface area contributed by atoms with E-state index in [1.807, 2.05) is 0 Å². The summed E-state index contributed by atoms with van der Waals surface area (Å²) in [6.07, 6.45) is 1.62. The molecule has 1 heterocycles. The van der Waals surface area contributed by atoms with Crippen molar-refractivity contribution in [2.75, 3.05) is 19.7 Å². The Hall–Kier alpha value is -0.0800. The van der Waals surface area contributed by atoms with Gasteiger partial charge in [-0.1, -0.05) is 13.8 Å². The van der Waals surface area contributed by atoms with Crippen LogP contribution >= 0.6 is 0 Å². The molecule has 78 valence electrons. The molecule has 0 bridgehead atoms. The highest BCUT2D eigenvalue weighted by molar-refractivity contribution is 4.74. The Labute approximate surface area is 82.3 Å². The van der Waals surface area contributed by atoms with Crippen LogP contribution in [0, 0.1) is 5.92 Å². The van der Waals surface area contributed by atoms with E-state index in [4.69, 9.17) is 4.74 Å². The molecule has 0 aromatic carbocycles. The molecular formula is C11H23NO. The summed E-state index contributed by atoms with van der Waals surface area (Å²) in [6, 6.07) is 0.656. The first kappa shape index (κ1) is 11.0. The zero-order valence-electron chi connectivity index (χ0n) is 9.42. The summed E-state index contributed by atoms with van der Waals surface area (Å²) in [5, 5.41) is 0. The van der Waals surface area contributed by atoms with Gasteiger partial charge in [-0.3, -0.25) is 4.90 Å². The SMILES string of the molecule is CC(C)C1CN(C(C)C)CCCO1. The van der Waals surface area contributed by atoms with Gasteiger partial charge in [-0.25, -0.2) is 0 Å². The van der Waals surface area contributed by atoms with Gasteiger partial charge in [-0.2, -0.15) is 0 Å². The highest BCUT2D eigenvalue weighted by Crippen LogP contribution is 2.14. The summed E-state index contributed by atoms with van der Waals surface area (Å²) >= 11 is 0. The van der Waals surface area contributed by atoms with E-state index in [0.717, 1.165) is 13.2 Å². The molecule has 0 spiro atoms. The zero-order valence-corrected chi connectivity index (χ0v) is 9.42. The highest BCUT2D eigenvalue weighted by Gasteiger charge is 2.22. The molecule has 0 aromatic rings. The van der Waals surface area contributed by atoms with E-state index in [2.05, 4.69) is 32.6 Å². The van der Waals surface area contributed by atoms with Gasteiger partial charge in [0.25, 0.3) is 0 Å². The minimum Gasteiger partial charge on any atom is -0.377 e. The molecule has 0 N–H and O–H groups in total. The molecule has 1 saturated heterocycles. The Kier molecular flexibility index (Phi) is 4.20. The van der Waals surface area contributed by atoms with E-state index in [9.17, 15) is 0 Å². The van der Waals surface area contributed by atoms with Crippen LogP contribution in [-0.4, -0.2) is 36.7 Å². The average molecular weight is 185 g/mol. The number of nitrogens with zero attached hydrogens (tertiary/aromatic N) is 1. The number of rotatable bonds is 2. The van der Waals surface area contributed by atoms with E-state index in [1.165, 1.54) is 13.0 Å². The molecule has 0 amide bonds. The molecule has 0 saturated carbocycles. The minimum atomic E-state index is 0.435. The molecule has 13 heavy (non-hydrogen) atoms. The lowest BCUT2D eigenvalue weighted by atomic mass is 10.1. The Balaban J connectivity index is 2.49. The topological polar surface area (TPSA) is 12.5 Å². The van der Waals surface area contributed by atoms with Crippen LogP contribution in [0.15, 0.2) is 0 Å². The van der Waals surface area contributed by atoms with Crippen LogP contribution in [0.25, 0.3) is 0 Å². The summed E-state index contributed by atoms with van der Waals surface area (Å²) in [4.78, 5) is 2.53. The molecule has 2 heteroatoms. The fourth-order valence-electron chi connectivity index (χ4n) is 1.75. The summed E-state index contributed by atoms with van der Waals surface area (Å²) in [6.45, 7) is 12.3. The molecule has 1 fully saturated rings. The van der Waals surface area contributed by atoms with Gasteiger partial charge in [0.1, 0.15) is 0 Å². The molecular weight excluding hydrogens is 162 g/mol. The Morgan fingerprint density at radius 1 is 1.23 bits per heavy atom. The van der Waals surface area contributed by atoms with Crippen molar-refractivity contribution in [2.45, 2.75) is 46.3 Å². The fourth-order valence-corrected chi connectivity index (χ4v) is 1.75. The van der Waals surface area contributed by atoms with Crippen molar-refractivity contribution >= 4 is 0 Å². The van der Waals surface area contributed by atoms with Gasteiger partial charge in [0.2, 0.25) is 0 Å². The van der Waals surface area contributed by atoms with Gasteiger partial charge in [0, 0.05) is 25.7 Å². The maximum atomic E-state index is 5.80. The maximum Gasteiger partial charge on any atom is 0.0724 e.